The monoisotopic (exact) mass is 383 g/mol. The summed E-state index contributed by atoms with van der Waals surface area (Å²) in [5.74, 6) is 1.42. The van der Waals surface area contributed by atoms with Gasteiger partial charge in [-0.25, -0.2) is 9.37 Å². The summed E-state index contributed by atoms with van der Waals surface area (Å²) in [6, 6.07) is 10.3. The number of nitrogens with zero attached hydrogens (tertiary/aromatic N) is 1. The molecule has 0 radical (unpaired) electrons. The summed E-state index contributed by atoms with van der Waals surface area (Å²) in [6.45, 7) is 2.60. The molecular weight excluding hydrogens is 353 g/mol. The van der Waals surface area contributed by atoms with E-state index in [-0.39, 0.29) is 17.6 Å². The van der Waals surface area contributed by atoms with Crippen LogP contribution in [0.4, 0.5) is 15.9 Å². The van der Waals surface area contributed by atoms with Gasteiger partial charge >= 0.3 is 0 Å². The van der Waals surface area contributed by atoms with Crippen molar-refractivity contribution in [3.05, 3.63) is 54.0 Å². The number of anilines is 2. The second-order valence-corrected chi connectivity index (χ2v) is 7.73. The molecule has 1 heterocycles. The van der Waals surface area contributed by atoms with E-state index >= 15 is 0 Å². The van der Waals surface area contributed by atoms with Crippen molar-refractivity contribution in [2.45, 2.75) is 58.4 Å². The van der Waals surface area contributed by atoms with Gasteiger partial charge in [0.15, 0.2) is 0 Å². The Kier molecular flexibility index (Phi) is 7.40. The van der Waals surface area contributed by atoms with Crippen molar-refractivity contribution in [2.75, 3.05) is 10.6 Å². The van der Waals surface area contributed by atoms with Crippen molar-refractivity contribution in [3.63, 3.8) is 0 Å². The molecule has 0 aliphatic heterocycles. The zero-order valence-electron chi connectivity index (χ0n) is 16.6. The number of amides is 1. The molecule has 1 aliphatic rings. The Morgan fingerprint density at radius 2 is 1.93 bits per heavy atom. The molecule has 0 bridgehead atoms. The minimum Gasteiger partial charge on any atom is -0.366 e. The number of nitrogens with one attached hydrogen (secondary N) is 2. The first-order valence-corrected chi connectivity index (χ1v) is 10.4. The van der Waals surface area contributed by atoms with E-state index in [0.717, 1.165) is 31.6 Å². The van der Waals surface area contributed by atoms with Gasteiger partial charge in [0.25, 0.3) is 0 Å². The smallest absolute Gasteiger partial charge is 0.227 e. The Balaban J connectivity index is 1.45. The molecule has 5 heteroatoms. The van der Waals surface area contributed by atoms with E-state index in [1.165, 1.54) is 25.3 Å². The molecule has 1 aromatic carbocycles. The normalized spacial score (nSPS) is 19.2. The van der Waals surface area contributed by atoms with E-state index in [0.29, 0.717) is 23.6 Å². The second kappa shape index (κ2) is 10.2. The molecule has 1 aromatic heterocycles. The topological polar surface area (TPSA) is 54.0 Å². The fourth-order valence-electron chi connectivity index (χ4n) is 3.85. The number of carbonyl (C=O) groups excluding carboxylic acids is 1. The molecule has 0 saturated heterocycles. The molecule has 0 unspecified atom stereocenters. The lowest BCUT2D eigenvalue weighted by atomic mass is 9.79. The first-order chi connectivity index (χ1) is 13.7. The summed E-state index contributed by atoms with van der Waals surface area (Å²) in [5.41, 5.74) is 1.30. The molecule has 1 saturated carbocycles. The van der Waals surface area contributed by atoms with Gasteiger partial charge in [-0.2, -0.15) is 0 Å². The van der Waals surface area contributed by atoms with Gasteiger partial charge in [-0.05, 0) is 49.8 Å². The maximum absolute atomic E-state index is 13.7. The lowest BCUT2D eigenvalue weighted by molar-refractivity contribution is -0.121. The summed E-state index contributed by atoms with van der Waals surface area (Å²) in [6.07, 6.45) is 9.78. The fraction of sp³-hybridized carbons (Fsp3) is 0.478. The predicted octanol–water partition coefficient (Wildman–Crippen LogP) is 5.77. The average molecular weight is 384 g/mol. The molecule has 1 aliphatic carbocycles. The van der Waals surface area contributed by atoms with Gasteiger partial charge in [-0.15, -0.1) is 0 Å². The third-order valence-electron chi connectivity index (χ3n) is 5.63. The molecule has 0 spiro atoms. The molecule has 1 fully saturated rings. The Morgan fingerprint density at radius 3 is 2.61 bits per heavy atom. The molecule has 28 heavy (non-hydrogen) atoms. The minimum absolute atomic E-state index is 0.0998. The number of aromatic nitrogens is 1. The van der Waals surface area contributed by atoms with Crippen molar-refractivity contribution in [1.29, 1.82) is 0 Å². The van der Waals surface area contributed by atoms with Gasteiger partial charge in [0.1, 0.15) is 11.6 Å². The first kappa shape index (κ1) is 20.3. The molecule has 4 nitrogen and oxygen atoms in total. The van der Waals surface area contributed by atoms with Crippen LogP contribution in [0.5, 0.6) is 0 Å². The lowest BCUT2D eigenvalue weighted by Crippen LogP contribution is -2.27. The van der Waals surface area contributed by atoms with Crippen LogP contribution in [0, 0.1) is 17.7 Å². The van der Waals surface area contributed by atoms with Crippen LogP contribution in [0.15, 0.2) is 42.6 Å². The van der Waals surface area contributed by atoms with Crippen molar-refractivity contribution in [3.8, 4) is 0 Å². The standard InChI is InChI=1S/C23H30FN3O/c1-2-3-6-17-9-11-18(12-10-17)23(28)27-20-13-14-22(26-16-20)25-15-19-7-4-5-8-21(19)24/h4-5,7-8,13-14,16-18H,2-3,6,9-12,15H2,1H3,(H,25,26)(H,27,28). The zero-order valence-corrected chi connectivity index (χ0v) is 16.6. The summed E-state index contributed by atoms with van der Waals surface area (Å²) in [5, 5.41) is 6.09. The highest BCUT2D eigenvalue weighted by Gasteiger charge is 2.26. The van der Waals surface area contributed by atoms with Crippen molar-refractivity contribution < 1.29 is 9.18 Å². The molecule has 150 valence electrons. The van der Waals surface area contributed by atoms with Gasteiger partial charge < -0.3 is 10.6 Å². The van der Waals surface area contributed by atoms with E-state index in [9.17, 15) is 9.18 Å². The number of halogens is 1. The molecule has 2 aromatic rings. The van der Waals surface area contributed by atoms with Crippen LogP contribution in [0.2, 0.25) is 0 Å². The number of rotatable bonds is 8. The summed E-state index contributed by atoms with van der Waals surface area (Å²) < 4.78 is 13.7. The van der Waals surface area contributed by atoms with E-state index in [1.807, 2.05) is 12.1 Å². The Bertz CT molecular complexity index is 755. The van der Waals surface area contributed by atoms with Crippen LogP contribution in [0.25, 0.3) is 0 Å². The van der Waals surface area contributed by atoms with E-state index in [1.54, 1.807) is 24.4 Å². The third-order valence-corrected chi connectivity index (χ3v) is 5.63. The number of hydrogen-bond donors (Lipinski definition) is 2. The number of carbonyl (C=O) groups is 1. The number of pyridine rings is 1. The molecule has 1 amide bonds. The average Bonchev–Trinajstić information content (AvgIpc) is 2.73. The minimum atomic E-state index is -0.233. The number of unbranched alkanes of at least 4 members (excludes halogenated alkanes) is 1. The van der Waals surface area contributed by atoms with Crippen LogP contribution in [0.1, 0.15) is 57.4 Å². The quantitative estimate of drug-likeness (QED) is 0.608. The van der Waals surface area contributed by atoms with E-state index < -0.39 is 0 Å². The molecule has 2 N–H and O–H groups in total. The van der Waals surface area contributed by atoms with Gasteiger partial charge in [-0.1, -0.05) is 44.4 Å². The van der Waals surface area contributed by atoms with Crippen LogP contribution in [0.3, 0.4) is 0 Å². The number of benzene rings is 1. The maximum atomic E-state index is 13.7. The second-order valence-electron chi connectivity index (χ2n) is 7.73. The van der Waals surface area contributed by atoms with Crippen LogP contribution >= 0.6 is 0 Å². The van der Waals surface area contributed by atoms with Crippen LogP contribution in [-0.4, -0.2) is 10.9 Å². The van der Waals surface area contributed by atoms with Gasteiger partial charge in [0.2, 0.25) is 5.91 Å². The van der Waals surface area contributed by atoms with Gasteiger partial charge in [0, 0.05) is 18.0 Å². The highest BCUT2D eigenvalue weighted by Crippen LogP contribution is 2.32. The summed E-state index contributed by atoms with van der Waals surface area (Å²) >= 11 is 0. The zero-order chi connectivity index (χ0) is 19.8. The van der Waals surface area contributed by atoms with Crippen LogP contribution < -0.4 is 10.6 Å². The van der Waals surface area contributed by atoms with E-state index in [4.69, 9.17) is 0 Å². The van der Waals surface area contributed by atoms with Gasteiger partial charge in [-0.3, -0.25) is 4.79 Å². The fourth-order valence-corrected chi connectivity index (χ4v) is 3.85. The summed E-state index contributed by atoms with van der Waals surface area (Å²) in [4.78, 5) is 16.8. The highest BCUT2D eigenvalue weighted by atomic mass is 19.1. The predicted molar refractivity (Wildman–Crippen MR) is 112 cm³/mol. The van der Waals surface area contributed by atoms with Crippen LogP contribution in [-0.2, 0) is 11.3 Å². The number of hydrogen-bond acceptors (Lipinski definition) is 3. The first-order valence-electron chi connectivity index (χ1n) is 10.4. The molecular formula is C23H30FN3O. The Hall–Kier alpha value is -2.43. The lowest BCUT2D eigenvalue weighted by Gasteiger charge is -2.27. The highest BCUT2D eigenvalue weighted by molar-refractivity contribution is 5.92. The maximum Gasteiger partial charge on any atom is 0.227 e. The Labute approximate surface area is 167 Å². The molecule has 3 rings (SSSR count). The SMILES string of the molecule is CCCCC1CCC(C(=O)Nc2ccc(NCc3ccccc3F)nc2)CC1. The summed E-state index contributed by atoms with van der Waals surface area (Å²) in [7, 11) is 0. The van der Waals surface area contributed by atoms with Gasteiger partial charge in [0.05, 0.1) is 11.9 Å². The molecule has 0 atom stereocenters. The largest absolute Gasteiger partial charge is 0.366 e. The Morgan fingerprint density at radius 1 is 1.14 bits per heavy atom. The van der Waals surface area contributed by atoms with Crippen molar-refractivity contribution in [2.24, 2.45) is 11.8 Å². The third kappa shape index (κ3) is 5.78. The van der Waals surface area contributed by atoms with Crippen molar-refractivity contribution in [1.82, 2.24) is 4.98 Å². The van der Waals surface area contributed by atoms with E-state index in [2.05, 4.69) is 22.5 Å². The van der Waals surface area contributed by atoms with Crippen molar-refractivity contribution >= 4 is 17.4 Å².